The molecular weight excluding hydrogens is 857 g/mol. The van der Waals surface area contributed by atoms with Crippen LogP contribution in [-0.4, -0.2) is 4.57 Å². The molecule has 1 heterocycles. The molecule has 2 heteroatoms. The summed E-state index contributed by atoms with van der Waals surface area (Å²) in [6.07, 6.45) is 4.53. The van der Waals surface area contributed by atoms with E-state index in [-0.39, 0.29) is 0 Å². The number of aryl methyl sites for hydroxylation is 1. The molecule has 0 saturated heterocycles. The molecule has 0 bridgehead atoms. The molecule has 13 rings (SSSR count). The number of aromatic nitrogens is 1. The fraction of sp³-hybridized carbons (Fsp3) is 0.0725. The Morgan fingerprint density at radius 1 is 0.394 bits per heavy atom. The van der Waals surface area contributed by atoms with Crippen LogP contribution in [0.25, 0.3) is 60.9 Å². The van der Waals surface area contributed by atoms with E-state index < -0.39 is 5.41 Å². The standard InChI is InChI=1S/C69H52N2/c1-47-19-15-16-28-59(47)62-43-51(32-31-48(62)2)52-35-42-67-64(44-52)61-40-38-58(46-68(61)71(67)55-26-13-6-14-27-55)70(56-36-33-50(34-37-56)49-20-7-3-8-21-49)57-39-41-66-63(45-57)60-29-17-18-30-65(60)69(66,53-22-9-4-10-23-53)54-24-11-5-12-25-54/h3-30,33-46H,31-32H2,1-2H3. The minimum absolute atomic E-state index is 0.478. The van der Waals surface area contributed by atoms with E-state index in [2.05, 4.69) is 278 Å². The number of hydrogen-bond acceptors (Lipinski definition) is 1. The van der Waals surface area contributed by atoms with Crippen molar-refractivity contribution in [2.45, 2.75) is 32.1 Å². The normalized spacial score (nSPS) is 13.8. The summed E-state index contributed by atoms with van der Waals surface area (Å²) in [5, 5.41) is 2.48. The van der Waals surface area contributed by atoms with Gasteiger partial charge in [-0.25, -0.2) is 0 Å². The summed E-state index contributed by atoms with van der Waals surface area (Å²) in [7, 11) is 0. The van der Waals surface area contributed by atoms with E-state index in [0.717, 1.165) is 35.6 Å². The van der Waals surface area contributed by atoms with Crippen molar-refractivity contribution in [3.8, 4) is 27.9 Å². The molecule has 0 fully saturated rings. The maximum absolute atomic E-state index is 2.46. The average molecular weight is 909 g/mol. The minimum Gasteiger partial charge on any atom is -0.310 e. The van der Waals surface area contributed by atoms with Gasteiger partial charge >= 0.3 is 0 Å². The van der Waals surface area contributed by atoms with Crippen LogP contribution in [0.1, 0.15) is 58.7 Å². The van der Waals surface area contributed by atoms with Gasteiger partial charge in [-0.15, -0.1) is 0 Å². The van der Waals surface area contributed by atoms with E-state index in [0.29, 0.717) is 0 Å². The quantitative estimate of drug-likeness (QED) is 0.140. The molecule has 0 atom stereocenters. The monoisotopic (exact) mass is 908 g/mol. The highest BCUT2D eigenvalue weighted by Gasteiger charge is 2.46. The SMILES string of the molecule is CC1=C(c2ccccc2C)C=C(c2ccc3c(c2)c2ccc(N(c4ccc(-c5ccccc5)cc4)c4ccc5c(c4)-c4ccccc4C5(c4ccccc4)c4ccccc4)cc2n3-c2ccccc2)CC1. The lowest BCUT2D eigenvalue weighted by Crippen LogP contribution is -2.28. The van der Waals surface area contributed by atoms with E-state index in [1.165, 1.54) is 99.7 Å². The van der Waals surface area contributed by atoms with Crippen molar-refractivity contribution in [3.05, 3.63) is 299 Å². The zero-order valence-corrected chi connectivity index (χ0v) is 40.1. The maximum atomic E-state index is 2.46. The van der Waals surface area contributed by atoms with Crippen molar-refractivity contribution < 1.29 is 0 Å². The highest BCUT2D eigenvalue weighted by atomic mass is 15.1. The van der Waals surface area contributed by atoms with Gasteiger partial charge in [0.2, 0.25) is 0 Å². The first-order valence-electron chi connectivity index (χ1n) is 25.0. The number of rotatable bonds is 9. The first-order valence-corrected chi connectivity index (χ1v) is 25.0. The van der Waals surface area contributed by atoms with E-state index >= 15 is 0 Å². The maximum Gasteiger partial charge on any atom is 0.0713 e. The van der Waals surface area contributed by atoms with Crippen molar-refractivity contribution >= 4 is 50.0 Å². The van der Waals surface area contributed by atoms with Crippen LogP contribution in [0.3, 0.4) is 0 Å². The van der Waals surface area contributed by atoms with Gasteiger partial charge in [0.05, 0.1) is 16.4 Å². The third-order valence-electron chi connectivity index (χ3n) is 15.3. The van der Waals surface area contributed by atoms with Crippen LogP contribution in [0.4, 0.5) is 17.1 Å². The Morgan fingerprint density at radius 2 is 0.958 bits per heavy atom. The zero-order chi connectivity index (χ0) is 47.5. The summed E-state index contributed by atoms with van der Waals surface area (Å²) in [6.45, 7) is 4.53. The van der Waals surface area contributed by atoms with E-state index in [1.54, 1.807) is 0 Å². The predicted molar refractivity (Wildman–Crippen MR) is 299 cm³/mol. The molecule has 0 saturated carbocycles. The average Bonchev–Trinajstić information content (AvgIpc) is 3.92. The second-order valence-corrected chi connectivity index (χ2v) is 19.3. The molecule has 0 radical (unpaired) electrons. The predicted octanol–water partition coefficient (Wildman–Crippen LogP) is 18.2. The molecule has 11 aromatic rings. The molecule has 338 valence electrons. The van der Waals surface area contributed by atoms with Crippen molar-refractivity contribution in [1.82, 2.24) is 4.57 Å². The summed E-state index contributed by atoms with van der Waals surface area (Å²) >= 11 is 0. The molecule has 0 aliphatic heterocycles. The Morgan fingerprint density at radius 3 is 1.68 bits per heavy atom. The lowest BCUT2D eigenvalue weighted by atomic mass is 9.68. The highest BCUT2D eigenvalue weighted by molar-refractivity contribution is 6.11. The molecule has 2 nitrogen and oxygen atoms in total. The van der Waals surface area contributed by atoms with Crippen molar-refractivity contribution in [1.29, 1.82) is 0 Å². The van der Waals surface area contributed by atoms with Gasteiger partial charge in [-0.3, -0.25) is 0 Å². The van der Waals surface area contributed by atoms with Gasteiger partial charge in [-0.1, -0.05) is 200 Å². The largest absolute Gasteiger partial charge is 0.310 e. The summed E-state index contributed by atoms with van der Waals surface area (Å²) in [6, 6.07) is 92.0. The van der Waals surface area contributed by atoms with E-state index in [9.17, 15) is 0 Å². The number of nitrogens with zero attached hydrogens (tertiary/aromatic N) is 2. The van der Waals surface area contributed by atoms with E-state index in [1.807, 2.05) is 0 Å². The van der Waals surface area contributed by atoms with Crippen LogP contribution < -0.4 is 4.90 Å². The van der Waals surface area contributed by atoms with Crippen molar-refractivity contribution in [3.63, 3.8) is 0 Å². The number of anilines is 3. The third-order valence-corrected chi connectivity index (χ3v) is 15.3. The number of fused-ring (bicyclic) bond motifs is 6. The summed E-state index contributed by atoms with van der Waals surface area (Å²) in [4.78, 5) is 2.45. The lowest BCUT2D eigenvalue weighted by molar-refractivity contribution is 0.768. The smallest absolute Gasteiger partial charge is 0.0713 e. The van der Waals surface area contributed by atoms with Gasteiger partial charge in [-0.2, -0.15) is 0 Å². The molecule has 0 spiro atoms. The van der Waals surface area contributed by atoms with Gasteiger partial charge in [0, 0.05) is 33.5 Å². The Kier molecular flexibility index (Phi) is 10.4. The minimum atomic E-state index is -0.478. The van der Waals surface area contributed by atoms with Crippen LogP contribution >= 0.6 is 0 Å². The molecule has 0 amide bonds. The lowest BCUT2D eigenvalue weighted by Gasteiger charge is -2.34. The van der Waals surface area contributed by atoms with Gasteiger partial charge < -0.3 is 9.47 Å². The van der Waals surface area contributed by atoms with Crippen LogP contribution in [0.15, 0.2) is 260 Å². The second-order valence-electron chi connectivity index (χ2n) is 19.3. The number of allylic oxidation sites excluding steroid dienone is 4. The molecule has 71 heavy (non-hydrogen) atoms. The van der Waals surface area contributed by atoms with Gasteiger partial charge in [0.1, 0.15) is 0 Å². The number of benzene rings is 10. The topological polar surface area (TPSA) is 8.17 Å². The highest BCUT2D eigenvalue weighted by Crippen LogP contribution is 2.57. The third kappa shape index (κ3) is 7.01. The Bertz CT molecular complexity index is 3820. The summed E-state index contributed by atoms with van der Waals surface area (Å²) < 4.78 is 2.46. The summed E-state index contributed by atoms with van der Waals surface area (Å²) in [5.74, 6) is 0. The molecular formula is C69H52N2. The fourth-order valence-corrected chi connectivity index (χ4v) is 11.9. The molecule has 2 aliphatic carbocycles. The van der Waals surface area contributed by atoms with Gasteiger partial charge in [0.25, 0.3) is 0 Å². The molecule has 0 unspecified atom stereocenters. The molecule has 0 N–H and O–H groups in total. The first kappa shape index (κ1) is 42.4. The first-order chi connectivity index (χ1) is 35.0. The number of hydrogen-bond donors (Lipinski definition) is 0. The van der Waals surface area contributed by atoms with Gasteiger partial charge in [0.15, 0.2) is 0 Å². The molecule has 1 aromatic heterocycles. The molecule has 2 aliphatic rings. The van der Waals surface area contributed by atoms with Crippen LogP contribution in [0.2, 0.25) is 0 Å². The number of para-hydroxylation sites is 1. The fourth-order valence-electron chi connectivity index (χ4n) is 11.9. The second kappa shape index (κ2) is 17.4. The van der Waals surface area contributed by atoms with E-state index in [4.69, 9.17) is 0 Å². The summed E-state index contributed by atoms with van der Waals surface area (Å²) in [5.41, 5.74) is 24.5. The Hall–Kier alpha value is -8.72. The molecule has 10 aromatic carbocycles. The van der Waals surface area contributed by atoms with Crippen molar-refractivity contribution in [2.75, 3.05) is 4.90 Å². The zero-order valence-electron chi connectivity index (χ0n) is 40.1. The Balaban J connectivity index is 1.01. The van der Waals surface area contributed by atoms with Crippen LogP contribution in [-0.2, 0) is 5.41 Å². The van der Waals surface area contributed by atoms with Gasteiger partial charge in [-0.05, 0) is 160 Å². The Labute approximate surface area is 416 Å². The van der Waals surface area contributed by atoms with Crippen LogP contribution in [0, 0.1) is 6.92 Å². The van der Waals surface area contributed by atoms with Crippen LogP contribution in [0.5, 0.6) is 0 Å². The van der Waals surface area contributed by atoms with Crippen molar-refractivity contribution in [2.24, 2.45) is 0 Å².